The molecule has 0 radical (unpaired) electrons. The van der Waals surface area contributed by atoms with Crippen molar-refractivity contribution in [3.05, 3.63) is 35.4 Å². The van der Waals surface area contributed by atoms with Crippen LogP contribution in [0.3, 0.4) is 0 Å². The molecule has 2 N–H and O–H groups in total. The lowest BCUT2D eigenvalue weighted by molar-refractivity contribution is 0.646. The molecule has 82 valence electrons. The first kappa shape index (κ1) is 10.7. The fourth-order valence-electron chi connectivity index (χ4n) is 2.23. The quantitative estimate of drug-likeness (QED) is 0.800. The Morgan fingerprint density at radius 3 is 2.20 bits per heavy atom. The lowest BCUT2D eigenvalue weighted by atomic mass is 9.93. The average molecular weight is 203 g/mol. The highest BCUT2D eigenvalue weighted by molar-refractivity contribution is 5.34. The molecule has 0 aromatic heterocycles. The summed E-state index contributed by atoms with van der Waals surface area (Å²) in [5.74, 6) is 0.736. The SMILES string of the molecule is CC(C)Cc1ccc(C2(CN)CC2)cc1. The summed E-state index contributed by atoms with van der Waals surface area (Å²) in [5.41, 5.74) is 9.05. The Labute approximate surface area is 92.7 Å². The number of hydrogen-bond donors (Lipinski definition) is 1. The molecule has 15 heavy (non-hydrogen) atoms. The van der Waals surface area contributed by atoms with E-state index in [9.17, 15) is 0 Å². The summed E-state index contributed by atoms with van der Waals surface area (Å²) in [4.78, 5) is 0. The Morgan fingerprint density at radius 1 is 1.20 bits per heavy atom. The molecule has 1 fully saturated rings. The zero-order valence-electron chi connectivity index (χ0n) is 9.79. The third kappa shape index (κ3) is 2.23. The minimum atomic E-state index is 0.344. The summed E-state index contributed by atoms with van der Waals surface area (Å²) in [5, 5.41) is 0. The van der Waals surface area contributed by atoms with Gasteiger partial charge in [0, 0.05) is 12.0 Å². The molecule has 1 aliphatic carbocycles. The second-order valence-electron chi connectivity index (χ2n) is 5.28. The zero-order valence-corrected chi connectivity index (χ0v) is 9.79. The first-order chi connectivity index (χ1) is 7.16. The van der Waals surface area contributed by atoms with E-state index < -0.39 is 0 Å². The van der Waals surface area contributed by atoms with Gasteiger partial charge in [0.2, 0.25) is 0 Å². The van der Waals surface area contributed by atoms with Crippen molar-refractivity contribution < 1.29 is 0 Å². The summed E-state index contributed by atoms with van der Waals surface area (Å²) >= 11 is 0. The van der Waals surface area contributed by atoms with E-state index >= 15 is 0 Å². The van der Waals surface area contributed by atoms with Crippen LogP contribution in [0.1, 0.15) is 37.8 Å². The summed E-state index contributed by atoms with van der Waals surface area (Å²) in [6, 6.07) is 9.09. The lowest BCUT2D eigenvalue weighted by Crippen LogP contribution is -2.19. The topological polar surface area (TPSA) is 26.0 Å². The molecule has 0 spiro atoms. The van der Waals surface area contributed by atoms with Crippen LogP contribution in [0.5, 0.6) is 0 Å². The molecule has 1 saturated carbocycles. The molecule has 1 heteroatoms. The van der Waals surface area contributed by atoms with E-state index in [0.717, 1.165) is 12.5 Å². The number of nitrogens with two attached hydrogens (primary N) is 1. The Kier molecular flexibility index (Phi) is 2.83. The molecule has 0 atom stereocenters. The van der Waals surface area contributed by atoms with Gasteiger partial charge < -0.3 is 5.73 Å². The van der Waals surface area contributed by atoms with Crippen molar-refractivity contribution in [3.63, 3.8) is 0 Å². The van der Waals surface area contributed by atoms with Crippen molar-refractivity contribution >= 4 is 0 Å². The first-order valence-electron chi connectivity index (χ1n) is 5.96. The van der Waals surface area contributed by atoms with E-state index in [0.29, 0.717) is 5.41 Å². The van der Waals surface area contributed by atoms with Gasteiger partial charge in [-0.1, -0.05) is 38.1 Å². The normalized spacial score (nSPS) is 18.1. The maximum Gasteiger partial charge on any atom is 0.00762 e. The molecule has 2 rings (SSSR count). The minimum Gasteiger partial charge on any atom is -0.330 e. The van der Waals surface area contributed by atoms with Gasteiger partial charge in [0.1, 0.15) is 0 Å². The number of hydrogen-bond acceptors (Lipinski definition) is 1. The molecule has 0 heterocycles. The van der Waals surface area contributed by atoms with E-state index in [-0.39, 0.29) is 0 Å². The molecule has 0 bridgehead atoms. The van der Waals surface area contributed by atoms with Crippen LogP contribution in [0.15, 0.2) is 24.3 Å². The zero-order chi connectivity index (χ0) is 10.9. The van der Waals surface area contributed by atoms with E-state index in [1.54, 1.807) is 0 Å². The smallest absolute Gasteiger partial charge is 0.00762 e. The van der Waals surface area contributed by atoms with Gasteiger partial charge in [-0.2, -0.15) is 0 Å². The lowest BCUT2D eigenvalue weighted by Gasteiger charge is -2.13. The van der Waals surface area contributed by atoms with E-state index in [1.807, 2.05) is 0 Å². The van der Waals surface area contributed by atoms with Gasteiger partial charge in [0.15, 0.2) is 0 Å². The van der Waals surface area contributed by atoms with Crippen molar-refractivity contribution in [2.24, 2.45) is 11.7 Å². The summed E-state index contributed by atoms with van der Waals surface area (Å²) in [6.07, 6.45) is 3.72. The highest BCUT2D eigenvalue weighted by Gasteiger charge is 2.42. The molecular formula is C14H21N. The van der Waals surface area contributed by atoms with Crippen molar-refractivity contribution in [1.29, 1.82) is 0 Å². The second kappa shape index (κ2) is 3.97. The van der Waals surface area contributed by atoms with Crippen LogP contribution in [-0.2, 0) is 11.8 Å². The Bertz CT molecular complexity index is 320. The number of rotatable bonds is 4. The van der Waals surface area contributed by atoms with Crippen molar-refractivity contribution in [1.82, 2.24) is 0 Å². The molecule has 0 unspecified atom stereocenters. The Hall–Kier alpha value is -0.820. The number of benzene rings is 1. The van der Waals surface area contributed by atoms with E-state index in [2.05, 4.69) is 38.1 Å². The van der Waals surface area contributed by atoms with Crippen LogP contribution in [0.25, 0.3) is 0 Å². The highest BCUT2D eigenvalue weighted by Crippen LogP contribution is 2.47. The van der Waals surface area contributed by atoms with Gasteiger partial charge in [-0.15, -0.1) is 0 Å². The first-order valence-corrected chi connectivity index (χ1v) is 5.96. The fourth-order valence-corrected chi connectivity index (χ4v) is 2.23. The highest BCUT2D eigenvalue weighted by atomic mass is 14.7. The molecule has 0 amide bonds. The minimum absolute atomic E-state index is 0.344. The van der Waals surface area contributed by atoms with Gasteiger partial charge in [0.05, 0.1) is 0 Å². The van der Waals surface area contributed by atoms with Gasteiger partial charge in [-0.05, 0) is 36.3 Å². The Morgan fingerprint density at radius 2 is 1.80 bits per heavy atom. The predicted octanol–water partition coefficient (Wildman–Crippen LogP) is 2.88. The third-order valence-corrected chi connectivity index (χ3v) is 3.45. The van der Waals surface area contributed by atoms with Gasteiger partial charge in [-0.25, -0.2) is 0 Å². The predicted molar refractivity (Wildman–Crippen MR) is 65.0 cm³/mol. The maximum absolute atomic E-state index is 5.82. The molecule has 1 aliphatic rings. The molecule has 1 nitrogen and oxygen atoms in total. The third-order valence-electron chi connectivity index (χ3n) is 3.45. The van der Waals surface area contributed by atoms with Crippen LogP contribution in [0, 0.1) is 5.92 Å². The molecule has 1 aromatic rings. The second-order valence-corrected chi connectivity index (χ2v) is 5.28. The monoisotopic (exact) mass is 203 g/mol. The van der Waals surface area contributed by atoms with Crippen LogP contribution < -0.4 is 5.73 Å². The van der Waals surface area contributed by atoms with E-state index in [4.69, 9.17) is 5.73 Å². The van der Waals surface area contributed by atoms with Crippen molar-refractivity contribution in [2.75, 3.05) is 6.54 Å². The van der Waals surface area contributed by atoms with Crippen LogP contribution in [0.4, 0.5) is 0 Å². The fraction of sp³-hybridized carbons (Fsp3) is 0.571. The molecular weight excluding hydrogens is 182 g/mol. The average Bonchev–Trinajstić information content (AvgIpc) is 2.99. The van der Waals surface area contributed by atoms with Crippen LogP contribution >= 0.6 is 0 Å². The van der Waals surface area contributed by atoms with Crippen molar-refractivity contribution in [2.45, 2.75) is 38.5 Å². The van der Waals surface area contributed by atoms with Crippen molar-refractivity contribution in [3.8, 4) is 0 Å². The van der Waals surface area contributed by atoms with E-state index in [1.165, 1.54) is 30.4 Å². The molecule has 0 aliphatic heterocycles. The van der Waals surface area contributed by atoms with Gasteiger partial charge >= 0.3 is 0 Å². The van der Waals surface area contributed by atoms with Crippen LogP contribution in [-0.4, -0.2) is 6.54 Å². The van der Waals surface area contributed by atoms with Crippen LogP contribution in [0.2, 0.25) is 0 Å². The molecule has 0 saturated heterocycles. The Balaban J connectivity index is 2.10. The summed E-state index contributed by atoms with van der Waals surface area (Å²) < 4.78 is 0. The summed E-state index contributed by atoms with van der Waals surface area (Å²) in [7, 11) is 0. The maximum atomic E-state index is 5.82. The van der Waals surface area contributed by atoms with Gasteiger partial charge in [0.25, 0.3) is 0 Å². The standard InChI is InChI=1S/C14H21N/c1-11(2)9-12-3-5-13(6-4-12)14(10-15)7-8-14/h3-6,11H,7-10,15H2,1-2H3. The van der Waals surface area contributed by atoms with Gasteiger partial charge in [-0.3, -0.25) is 0 Å². The summed E-state index contributed by atoms with van der Waals surface area (Å²) in [6.45, 7) is 5.32. The largest absolute Gasteiger partial charge is 0.330 e. The molecule has 1 aromatic carbocycles.